The molecule has 410 valence electrons. The van der Waals surface area contributed by atoms with Gasteiger partial charge in [0.05, 0.1) is 49.7 Å². The molecule has 0 unspecified atom stereocenters. The van der Waals surface area contributed by atoms with Gasteiger partial charge in [-0.3, -0.25) is 28.5 Å². The number of methoxy groups -OCH3 is 2. The van der Waals surface area contributed by atoms with Crippen LogP contribution in [0.15, 0.2) is 94.9 Å². The largest absolute Gasteiger partial charge is 0.497 e. The summed E-state index contributed by atoms with van der Waals surface area (Å²) in [5.74, 6) is -0.657. The van der Waals surface area contributed by atoms with E-state index in [0.29, 0.717) is 58.0 Å². The minimum absolute atomic E-state index is 0.0127. The molecule has 22 nitrogen and oxygen atoms in total. The number of ether oxygens (including phenoxy) is 6. The first kappa shape index (κ1) is 55.5. The number of carbonyl (C=O) groups excluding carboxylic acids is 4. The smallest absolute Gasteiger partial charge is 0.298 e. The molecule has 4 N–H and O–H groups in total. The lowest BCUT2D eigenvalue weighted by molar-refractivity contribution is -0.0801. The van der Waals surface area contributed by atoms with Gasteiger partial charge in [-0.15, -0.1) is 0 Å². The highest BCUT2D eigenvalue weighted by atomic mass is 16.5. The quantitative estimate of drug-likeness (QED) is 0.0784. The van der Waals surface area contributed by atoms with E-state index in [4.69, 9.17) is 49.9 Å². The zero-order chi connectivity index (χ0) is 55.9. The molecule has 0 aliphatic rings. The second-order valence-corrected chi connectivity index (χ2v) is 18.4. The molecule has 4 aromatic carbocycles. The van der Waals surface area contributed by atoms with E-state index in [1.807, 2.05) is 85.4 Å². The van der Waals surface area contributed by atoms with Crippen LogP contribution in [0.1, 0.15) is 91.9 Å². The van der Waals surface area contributed by atoms with Gasteiger partial charge < -0.3 is 58.2 Å². The summed E-state index contributed by atoms with van der Waals surface area (Å²) in [7, 11) is 6.64. The van der Waals surface area contributed by atoms with Crippen molar-refractivity contribution in [2.45, 2.75) is 93.1 Å². The van der Waals surface area contributed by atoms with Crippen LogP contribution < -0.4 is 41.7 Å². The predicted octanol–water partition coefficient (Wildman–Crippen LogP) is 5.69. The number of rotatable bonds is 23. The van der Waals surface area contributed by atoms with Crippen LogP contribution in [0, 0.1) is 13.8 Å². The number of hydrogen-bond acceptors (Lipinski definition) is 12. The van der Waals surface area contributed by atoms with Crippen molar-refractivity contribution in [3.8, 4) is 23.0 Å². The monoisotopic (exact) mass is 1070 g/mol. The maximum absolute atomic E-state index is 14.4. The van der Waals surface area contributed by atoms with Gasteiger partial charge in [-0.25, -0.2) is 0 Å². The standard InChI is InChI=1S/C56H66N12O10/c1-11-67-43(23-33(5)61-67)53(71)59-55-63(7)41-25-37(51(57)69)27-45(77-31-35-15-19-39(73-9)20-16-35)49(41)65(55)29-47(75-13-3)48(76-14-4)30-66-50-42(64(8)56(66)60-54(72)44-24-34(6)62-68(44)12-2)26-38(52(58)70)28-46(50)78-32-36-17-21-40(74-10)22-18-36/h15-28,47-48H,11-14,29-32H2,1-10H3,(H2,57,69)(H2,58,70)/t47-,48-/m1/s1. The van der Waals surface area contributed by atoms with E-state index in [-0.39, 0.29) is 84.8 Å². The van der Waals surface area contributed by atoms with Gasteiger partial charge in [0, 0.05) is 51.5 Å². The molecule has 4 amide bonds. The molecular formula is C56H66N12O10. The summed E-state index contributed by atoms with van der Waals surface area (Å²) in [5.41, 5.74) is 17.9. The van der Waals surface area contributed by atoms with Crippen LogP contribution in [0.25, 0.3) is 22.1 Å². The number of fused-ring (bicyclic) bond motifs is 2. The van der Waals surface area contributed by atoms with Crippen molar-refractivity contribution in [2.75, 3.05) is 27.4 Å². The highest BCUT2D eigenvalue weighted by Gasteiger charge is 2.31. The SMILES string of the molecule is CCO[C@H](Cn1c(=NC(=O)c2cc(C)nn2CC)n(C)c2cc(C(N)=O)cc(OCc3ccc(OC)cc3)c21)[C@@H](Cn1c(=NC(=O)c2cc(C)nn2CC)n(C)c2cc(C(N)=O)cc(OCc3ccc(OC)cc3)c21)OCC. The molecule has 2 atom stereocenters. The second-order valence-electron chi connectivity index (χ2n) is 18.4. The van der Waals surface area contributed by atoms with E-state index in [1.54, 1.807) is 97.1 Å². The van der Waals surface area contributed by atoms with Crippen LogP contribution in [-0.2, 0) is 63.0 Å². The van der Waals surface area contributed by atoms with Gasteiger partial charge in [0.25, 0.3) is 11.8 Å². The van der Waals surface area contributed by atoms with Crippen LogP contribution in [0.3, 0.4) is 0 Å². The number of imidazole rings is 2. The van der Waals surface area contributed by atoms with Crippen LogP contribution in [0.4, 0.5) is 0 Å². The van der Waals surface area contributed by atoms with E-state index in [9.17, 15) is 19.2 Å². The highest BCUT2D eigenvalue weighted by Crippen LogP contribution is 2.32. The maximum atomic E-state index is 14.4. The Bertz CT molecular complexity index is 3430. The number of benzene rings is 4. The summed E-state index contributed by atoms with van der Waals surface area (Å²) in [6.45, 7) is 12.5. The third kappa shape index (κ3) is 11.6. The number of carbonyl (C=O) groups is 4. The lowest BCUT2D eigenvalue weighted by Gasteiger charge is -2.28. The summed E-state index contributed by atoms with van der Waals surface area (Å²) < 4.78 is 47.6. The molecule has 0 saturated heterocycles. The van der Waals surface area contributed by atoms with Crippen LogP contribution in [0.5, 0.6) is 23.0 Å². The number of amides is 4. The third-order valence-corrected chi connectivity index (χ3v) is 13.3. The number of nitrogens with two attached hydrogens (primary N) is 2. The maximum Gasteiger partial charge on any atom is 0.298 e. The fraction of sp³-hybridized carbons (Fsp3) is 0.357. The van der Waals surface area contributed by atoms with E-state index in [1.165, 1.54) is 0 Å². The van der Waals surface area contributed by atoms with E-state index >= 15 is 0 Å². The van der Waals surface area contributed by atoms with Gasteiger partial charge >= 0.3 is 0 Å². The minimum Gasteiger partial charge on any atom is -0.497 e. The summed E-state index contributed by atoms with van der Waals surface area (Å²) in [6, 6.07) is 24.5. The average molecular weight is 1070 g/mol. The fourth-order valence-electron chi connectivity index (χ4n) is 9.46. The highest BCUT2D eigenvalue weighted by molar-refractivity contribution is 6.00. The number of nitrogens with zero attached hydrogens (tertiary/aromatic N) is 10. The molecule has 0 spiro atoms. The van der Waals surface area contributed by atoms with Crippen LogP contribution in [0.2, 0.25) is 0 Å². The summed E-state index contributed by atoms with van der Waals surface area (Å²) in [5, 5.41) is 9.01. The number of primary amides is 2. The first-order valence-corrected chi connectivity index (χ1v) is 25.6. The molecular weight excluding hydrogens is 1000 g/mol. The molecule has 0 radical (unpaired) electrons. The zero-order valence-corrected chi connectivity index (χ0v) is 45.6. The van der Waals surface area contributed by atoms with Crippen molar-refractivity contribution in [2.24, 2.45) is 35.5 Å². The molecule has 0 aliphatic carbocycles. The molecule has 8 rings (SSSR count). The molecule has 0 fully saturated rings. The Hall–Kier alpha value is -8.76. The zero-order valence-electron chi connectivity index (χ0n) is 45.6. The summed E-state index contributed by atoms with van der Waals surface area (Å²) >= 11 is 0. The fourth-order valence-corrected chi connectivity index (χ4v) is 9.46. The third-order valence-electron chi connectivity index (χ3n) is 13.3. The molecule has 78 heavy (non-hydrogen) atoms. The number of aromatic nitrogens is 8. The topological polar surface area (TPSA) is 256 Å². The predicted molar refractivity (Wildman–Crippen MR) is 289 cm³/mol. The first-order valence-electron chi connectivity index (χ1n) is 25.6. The lowest BCUT2D eigenvalue weighted by Crippen LogP contribution is -2.43. The number of hydrogen-bond donors (Lipinski definition) is 2. The van der Waals surface area contributed by atoms with Gasteiger partial charge in [0.15, 0.2) is 0 Å². The molecule has 4 heterocycles. The van der Waals surface area contributed by atoms with E-state index in [0.717, 1.165) is 11.1 Å². The Morgan fingerprint density at radius 2 is 0.936 bits per heavy atom. The normalized spacial score (nSPS) is 12.8. The Morgan fingerprint density at radius 1 is 0.564 bits per heavy atom. The van der Waals surface area contributed by atoms with Crippen molar-refractivity contribution >= 4 is 45.7 Å². The van der Waals surface area contributed by atoms with Crippen LogP contribution >= 0.6 is 0 Å². The molecule has 0 aliphatic heterocycles. The Labute approximate surface area is 450 Å². The molecule has 22 heteroatoms. The van der Waals surface area contributed by atoms with Crippen molar-refractivity contribution in [3.63, 3.8) is 0 Å². The van der Waals surface area contributed by atoms with Crippen molar-refractivity contribution in [3.05, 3.63) is 141 Å². The Balaban J connectivity index is 1.34. The second kappa shape index (κ2) is 24.1. The molecule has 4 aromatic heterocycles. The van der Waals surface area contributed by atoms with Gasteiger partial charge in [0.1, 0.15) is 70.8 Å². The van der Waals surface area contributed by atoms with E-state index < -0.39 is 35.8 Å². The first-order chi connectivity index (χ1) is 37.5. The Kier molecular flexibility index (Phi) is 17.1. The summed E-state index contributed by atoms with van der Waals surface area (Å²) in [4.78, 5) is 64.5. The van der Waals surface area contributed by atoms with Crippen molar-refractivity contribution < 1.29 is 47.6 Å². The molecule has 8 aromatic rings. The van der Waals surface area contributed by atoms with Crippen molar-refractivity contribution in [1.82, 2.24) is 37.8 Å². The van der Waals surface area contributed by atoms with Gasteiger partial charge in [-0.05, 0) is 113 Å². The van der Waals surface area contributed by atoms with E-state index in [2.05, 4.69) is 10.2 Å². The van der Waals surface area contributed by atoms with Gasteiger partial charge in [-0.1, -0.05) is 24.3 Å². The number of aryl methyl sites for hydroxylation is 6. The average Bonchev–Trinajstić information content (AvgIpc) is 4.25. The van der Waals surface area contributed by atoms with Crippen LogP contribution in [-0.4, -0.2) is 101 Å². The Morgan fingerprint density at radius 3 is 1.26 bits per heavy atom. The summed E-state index contributed by atoms with van der Waals surface area (Å²) in [6.07, 6.45) is -1.71. The van der Waals surface area contributed by atoms with Gasteiger partial charge in [-0.2, -0.15) is 20.2 Å². The lowest BCUT2D eigenvalue weighted by atomic mass is 10.1. The molecule has 0 saturated carbocycles. The molecule has 0 bridgehead atoms. The van der Waals surface area contributed by atoms with Crippen molar-refractivity contribution in [1.29, 1.82) is 0 Å². The minimum atomic E-state index is -0.854. The van der Waals surface area contributed by atoms with Gasteiger partial charge in [0.2, 0.25) is 23.1 Å².